The third-order valence-corrected chi connectivity index (χ3v) is 9.52. The number of halogens is 3. The number of rotatable bonds is 21. The van der Waals surface area contributed by atoms with Gasteiger partial charge in [0.2, 0.25) is 17.7 Å². The molecule has 4 rings (SSSR count). The number of alkyl halides is 3. The first-order valence-electron chi connectivity index (χ1n) is 18.0. The predicted octanol–water partition coefficient (Wildman–Crippen LogP) is 5.36. The van der Waals surface area contributed by atoms with Crippen molar-refractivity contribution in [1.82, 2.24) is 21.3 Å². The van der Waals surface area contributed by atoms with Crippen molar-refractivity contribution >= 4 is 35.0 Å². The Morgan fingerprint density at radius 2 is 1.27 bits per heavy atom. The molecule has 294 valence electrons. The maximum atomic E-state index is 13.9. The van der Waals surface area contributed by atoms with Gasteiger partial charge in [-0.3, -0.25) is 19.2 Å². The van der Waals surface area contributed by atoms with Gasteiger partial charge >= 0.3 is 6.18 Å². The van der Waals surface area contributed by atoms with Crippen LogP contribution in [-0.2, 0) is 33.7 Å². The van der Waals surface area contributed by atoms with E-state index in [1.807, 2.05) is 0 Å². The number of nitrogens with one attached hydrogen (secondary N) is 4. The molecule has 0 spiro atoms. The van der Waals surface area contributed by atoms with Crippen molar-refractivity contribution in [3.63, 3.8) is 0 Å². The Balaban J connectivity index is 1.41. The van der Waals surface area contributed by atoms with Crippen LogP contribution in [0, 0.1) is 0 Å². The molecular formula is C40H47F3N6O5S. The molecule has 1 aromatic heterocycles. The molecular weight excluding hydrogens is 734 g/mol. The average molecular weight is 781 g/mol. The van der Waals surface area contributed by atoms with E-state index in [0.29, 0.717) is 66.9 Å². The lowest BCUT2D eigenvalue weighted by Gasteiger charge is -2.26. The lowest BCUT2D eigenvalue weighted by Crippen LogP contribution is -2.55. The standard InChI is InChI=1S/C40H47F3N6O5S/c41-40(42,43)30-18-14-28(15-19-30)26-54-31-20-16-27(17-21-31)25-46-39(53)35(29-9-2-1-3-10-29)49-37(51)33(12-5-7-23-45)47-36(50)32(11-4-6-22-44)48-38(52)34-13-8-24-55-34/h1-3,8-10,13-21,24,32-33,35H,4-7,11-12,22-23,25-26,44-45H2,(H,46,53)(H,47,50)(H,48,52)(H,49,51)/t32-,33-,35-/m0/s1. The summed E-state index contributed by atoms with van der Waals surface area (Å²) in [6.45, 7) is 0.998. The van der Waals surface area contributed by atoms with Crippen molar-refractivity contribution in [3.05, 3.63) is 124 Å². The highest BCUT2D eigenvalue weighted by Gasteiger charge is 2.31. The molecule has 0 aliphatic carbocycles. The Morgan fingerprint density at radius 1 is 0.673 bits per heavy atom. The summed E-state index contributed by atoms with van der Waals surface area (Å²) in [5.74, 6) is -1.50. The number of ether oxygens (including phenoxy) is 1. The second kappa shape index (κ2) is 21.6. The second-order valence-electron chi connectivity index (χ2n) is 12.8. The monoisotopic (exact) mass is 780 g/mol. The second-order valence-corrected chi connectivity index (χ2v) is 13.8. The molecule has 8 N–H and O–H groups in total. The molecule has 15 heteroatoms. The molecule has 0 saturated heterocycles. The number of benzene rings is 3. The van der Waals surface area contributed by atoms with Crippen LogP contribution in [-0.4, -0.2) is 48.8 Å². The lowest BCUT2D eigenvalue weighted by atomic mass is 10.0. The molecule has 0 unspecified atom stereocenters. The molecule has 0 radical (unpaired) electrons. The van der Waals surface area contributed by atoms with Crippen molar-refractivity contribution in [3.8, 4) is 5.75 Å². The first-order valence-corrected chi connectivity index (χ1v) is 18.9. The van der Waals surface area contributed by atoms with Gasteiger partial charge in [0.15, 0.2) is 0 Å². The van der Waals surface area contributed by atoms with Gasteiger partial charge in [0.05, 0.1) is 10.4 Å². The van der Waals surface area contributed by atoms with Crippen LogP contribution < -0.4 is 37.5 Å². The minimum atomic E-state index is -4.41. The highest BCUT2D eigenvalue weighted by atomic mass is 32.1. The van der Waals surface area contributed by atoms with Crippen LogP contribution in [0.25, 0.3) is 0 Å². The number of carbonyl (C=O) groups is 4. The fourth-order valence-electron chi connectivity index (χ4n) is 5.57. The van der Waals surface area contributed by atoms with Crippen LogP contribution >= 0.6 is 11.3 Å². The van der Waals surface area contributed by atoms with Crippen molar-refractivity contribution in [2.45, 2.75) is 76.0 Å². The molecule has 0 aliphatic rings. The lowest BCUT2D eigenvalue weighted by molar-refractivity contribution is -0.137. The SMILES string of the molecule is NCCCC[C@H](NC(=O)c1cccs1)C(=O)N[C@@H](CCCCN)C(=O)N[C@H](C(=O)NCc1ccc(OCc2ccc(C(F)(F)F)cc2)cc1)c1ccccc1. The van der Waals surface area contributed by atoms with Gasteiger partial charge < -0.3 is 37.5 Å². The summed E-state index contributed by atoms with van der Waals surface area (Å²) in [5.41, 5.74) is 12.5. The molecule has 0 saturated carbocycles. The third-order valence-electron chi connectivity index (χ3n) is 8.65. The van der Waals surface area contributed by atoms with Crippen LogP contribution in [0.2, 0.25) is 0 Å². The van der Waals surface area contributed by atoms with Gasteiger partial charge in [0, 0.05) is 6.54 Å². The van der Waals surface area contributed by atoms with Crippen LogP contribution in [0.1, 0.15) is 76.5 Å². The van der Waals surface area contributed by atoms with E-state index in [-0.39, 0.29) is 19.6 Å². The van der Waals surface area contributed by atoms with Gasteiger partial charge in [-0.05, 0) is 104 Å². The summed E-state index contributed by atoms with van der Waals surface area (Å²) in [6, 6.07) is 20.6. The maximum Gasteiger partial charge on any atom is 0.416 e. The van der Waals surface area contributed by atoms with Crippen LogP contribution in [0.4, 0.5) is 13.2 Å². The van der Waals surface area contributed by atoms with Crippen LogP contribution in [0.5, 0.6) is 5.75 Å². The Hall–Kier alpha value is -5.25. The zero-order chi connectivity index (χ0) is 39.6. The minimum Gasteiger partial charge on any atom is -0.489 e. The van der Waals surface area contributed by atoms with Crippen molar-refractivity contribution in [1.29, 1.82) is 0 Å². The van der Waals surface area contributed by atoms with Gasteiger partial charge in [-0.15, -0.1) is 11.3 Å². The molecule has 0 fully saturated rings. The highest BCUT2D eigenvalue weighted by Crippen LogP contribution is 2.29. The first kappa shape index (κ1) is 42.5. The number of amides is 4. The number of hydrogen-bond acceptors (Lipinski definition) is 8. The minimum absolute atomic E-state index is 0.0685. The Bertz CT molecular complexity index is 1790. The maximum absolute atomic E-state index is 13.9. The average Bonchev–Trinajstić information content (AvgIpc) is 3.74. The zero-order valence-corrected chi connectivity index (χ0v) is 31.1. The Kier molecular flexibility index (Phi) is 16.7. The topological polar surface area (TPSA) is 178 Å². The molecule has 4 amide bonds. The summed E-state index contributed by atoms with van der Waals surface area (Å²) in [6.07, 6.45) is -1.48. The van der Waals surface area contributed by atoms with E-state index in [2.05, 4.69) is 21.3 Å². The van der Waals surface area contributed by atoms with Gasteiger partial charge in [-0.25, -0.2) is 0 Å². The van der Waals surface area contributed by atoms with E-state index < -0.39 is 53.5 Å². The number of nitrogens with two attached hydrogens (primary N) is 2. The van der Waals surface area contributed by atoms with Crippen molar-refractivity contribution < 1.29 is 37.1 Å². The number of thiophene rings is 1. The smallest absolute Gasteiger partial charge is 0.416 e. The van der Waals surface area contributed by atoms with Gasteiger partial charge in [0.1, 0.15) is 30.5 Å². The summed E-state index contributed by atoms with van der Waals surface area (Å²) in [4.78, 5) is 54.5. The molecule has 3 atom stereocenters. The van der Waals surface area contributed by atoms with Gasteiger partial charge in [-0.1, -0.05) is 60.7 Å². The van der Waals surface area contributed by atoms with Crippen LogP contribution in [0.15, 0.2) is 96.4 Å². The molecule has 1 heterocycles. The normalized spacial score (nSPS) is 12.9. The van der Waals surface area contributed by atoms with E-state index in [1.54, 1.807) is 72.1 Å². The Morgan fingerprint density at radius 3 is 1.85 bits per heavy atom. The fourth-order valence-corrected chi connectivity index (χ4v) is 6.20. The molecule has 4 aromatic rings. The largest absolute Gasteiger partial charge is 0.489 e. The molecule has 3 aromatic carbocycles. The number of unbranched alkanes of at least 4 members (excludes halogenated alkanes) is 2. The van der Waals surface area contributed by atoms with Gasteiger partial charge in [-0.2, -0.15) is 13.2 Å². The van der Waals surface area contributed by atoms with E-state index in [0.717, 1.165) is 17.7 Å². The fraction of sp³-hybridized carbons (Fsp3) is 0.350. The quantitative estimate of drug-likeness (QED) is 0.0617. The summed E-state index contributed by atoms with van der Waals surface area (Å²) < 4.78 is 44.3. The van der Waals surface area contributed by atoms with Crippen molar-refractivity contribution in [2.75, 3.05) is 13.1 Å². The van der Waals surface area contributed by atoms with E-state index >= 15 is 0 Å². The number of hydrogen-bond donors (Lipinski definition) is 6. The van der Waals surface area contributed by atoms with E-state index in [4.69, 9.17) is 16.2 Å². The summed E-state index contributed by atoms with van der Waals surface area (Å²) in [7, 11) is 0. The summed E-state index contributed by atoms with van der Waals surface area (Å²) in [5, 5.41) is 13.1. The van der Waals surface area contributed by atoms with Crippen molar-refractivity contribution in [2.24, 2.45) is 11.5 Å². The first-order chi connectivity index (χ1) is 26.5. The third kappa shape index (κ3) is 13.8. The summed E-state index contributed by atoms with van der Waals surface area (Å²) >= 11 is 1.25. The van der Waals surface area contributed by atoms with Gasteiger partial charge in [0.25, 0.3) is 5.91 Å². The van der Waals surface area contributed by atoms with E-state index in [1.165, 1.54) is 23.5 Å². The van der Waals surface area contributed by atoms with E-state index in [9.17, 15) is 32.3 Å². The molecule has 0 bridgehead atoms. The Labute approximate surface area is 322 Å². The highest BCUT2D eigenvalue weighted by molar-refractivity contribution is 7.12. The molecule has 11 nitrogen and oxygen atoms in total. The predicted molar refractivity (Wildman–Crippen MR) is 205 cm³/mol. The number of carbonyl (C=O) groups excluding carboxylic acids is 4. The zero-order valence-electron chi connectivity index (χ0n) is 30.3. The molecule has 0 aliphatic heterocycles. The molecule has 55 heavy (non-hydrogen) atoms. The van der Waals surface area contributed by atoms with Crippen LogP contribution in [0.3, 0.4) is 0 Å².